The second-order valence-corrected chi connectivity index (χ2v) is 14.9. The van der Waals surface area contributed by atoms with E-state index >= 15 is 8.78 Å². The van der Waals surface area contributed by atoms with Crippen molar-refractivity contribution in [1.82, 2.24) is 0 Å². The third kappa shape index (κ3) is 4.63. The minimum absolute atomic E-state index is 0.00263. The third-order valence-corrected chi connectivity index (χ3v) is 11.1. The molecule has 3 fully saturated rings. The largest absolute Gasteiger partial charge is 0.377 e. The first-order valence-electron chi connectivity index (χ1n) is 15.3. The van der Waals surface area contributed by atoms with Crippen molar-refractivity contribution in [2.45, 2.75) is 105 Å². The molecule has 0 heterocycles. The highest BCUT2D eigenvalue weighted by Gasteiger charge is 2.67. The van der Waals surface area contributed by atoms with Crippen molar-refractivity contribution in [3.63, 3.8) is 0 Å². The first-order valence-corrected chi connectivity index (χ1v) is 15.3. The van der Waals surface area contributed by atoms with Gasteiger partial charge in [0.2, 0.25) is 0 Å². The minimum Gasteiger partial charge on any atom is -0.377 e. The number of anilines is 1. The minimum atomic E-state index is -1.18. The number of benzene rings is 1. The summed E-state index contributed by atoms with van der Waals surface area (Å²) in [5.74, 6) is 6.69. The van der Waals surface area contributed by atoms with Crippen molar-refractivity contribution in [3.05, 3.63) is 41.0 Å². The molecule has 3 nitrogen and oxygen atoms in total. The maximum Gasteiger partial charge on any atom is 0.155 e. The van der Waals surface area contributed by atoms with Crippen LogP contribution in [0.5, 0.6) is 0 Å². The van der Waals surface area contributed by atoms with Crippen LogP contribution >= 0.6 is 0 Å². The summed E-state index contributed by atoms with van der Waals surface area (Å²) in [4.78, 5) is 14.0. The van der Waals surface area contributed by atoms with Crippen LogP contribution in [0.3, 0.4) is 0 Å². The van der Waals surface area contributed by atoms with Gasteiger partial charge in [0.05, 0.1) is 0 Å². The van der Waals surface area contributed by atoms with E-state index in [0.717, 1.165) is 25.7 Å². The quantitative estimate of drug-likeness (QED) is 0.392. The van der Waals surface area contributed by atoms with E-state index in [-0.39, 0.29) is 52.5 Å². The van der Waals surface area contributed by atoms with Gasteiger partial charge in [0, 0.05) is 30.3 Å². The Morgan fingerprint density at radius 2 is 1.75 bits per heavy atom. The molecule has 0 aromatic heterocycles. The summed E-state index contributed by atoms with van der Waals surface area (Å²) in [5.41, 5.74) is -0.0368. The molecule has 1 aromatic rings. The summed E-state index contributed by atoms with van der Waals surface area (Å²) >= 11 is 0. The summed E-state index contributed by atoms with van der Waals surface area (Å²) in [6.45, 7) is 14.3. The number of aliphatic hydroxyl groups is 1. The lowest BCUT2D eigenvalue weighted by atomic mass is 9.46. The number of ketones is 1. The van der Waals surface area contributed by atoms with E-state index in [1.54, 1.807) is 24.1 Å². The summed E-state index contributed by atoms with van der Waals surface area (Å²) in [6, 6.07) is 3.05. The zero-order chi connectivity index (χ0) is 29.4. The van der Waals surface area contributed by atoms with Crippen LogP contribution in [-0.4, -0.2) is 29.6 Å². The van der Waals surface area contributed by atoms with Crippen molar-refractivity contribution in [2.24, 2.45) is 40.4 Å². The monoisotopic (exact) mass is 551 g/mol. The van der Waals surface area contributed by atoms with Crippen LogP contribution in [0.2, 0.25) is 0 Å². The van der Waals surface area contributed by atoms with Crippen molar-refractivity contribution in [2.75, 3.05) is 11.9 Å². The predicted molar refractivity (Wildman–Crippen MR) is 157 cm³/mol. The Bertz CT molecular complexity index is 1260. The highest BCUT2D eigenvalue weighted by molar-refractivity contribution is 5.91. The van der Waals surface area contributed by atoms with Gasteiger partial charge in [0.25, 0.3) is 0 Å². The van der Waals surface area contributed by atoms with Crippen LogP contribution in [0.25, 0.3) is 0 Å². The molecule has 0 spiro atoms. The zero-order valence-corrected chi connectivity index (χ0v) is 25.6. The number of hydrogen-bond acceptors (Lipinski definition) is 3. The Balaban J connectivity index is 1.66. The Labute approximate surface area is 239 Å². The molecule has 4 aliphatic rings. The molecule has 0 radical (unpaired) electrons. The maximum atomic E-state index is 15.7. The van der Waals surface area contributed by atoms with Crippen LogP contribution in [0.1, 0.15) is 98.5 Å². The van der Waals surface area contributed by atoms with E-state index in [1.807, 2.05) is 19.9 Å². The number of carbonyl (C=O) groups excluding carboxylic acids is 1. The van der Waals surface area contributed by atoms with Gasteiger partial charge in [0.1, 0.15) is 22.9 Å². The van der Waals surface area contributed by atoms with Gasteiger partial charge in [-0.1, -0.05) is 31.3 Å². The van der Waals surface area contributed by atoms with Crippen molar-refractivity contribution >= 4 is 11.5 Å². The van der Waals surface area contributed by atoms with Crippen LogP contribution in [0.15, 0.2) is 23.8 Å². The highest BCUT2D eigenvalue weighted by atomic mass is 19.1. The molecule has 0 amide bonds. The smallest absolute Gasteiger partial charge is 0.155 e. The molecule has 0 saturated heterocycles. The Morgan fingerprint density at radius 1 is 1.10 bits per heavy atom. The van der Waals surface area contributed by atoms with Gasteiger partial charge in [-0.3, -0.25) is 4.79 Å². The number of rotatable bonds is 3. The normalized spacial score (nSPS) is 37.2. The van der Waals surface area contributed by atoms with Gasteiger partial charge in [-0.15, -0.1) is 0 Å². The lowest BCUT2D eigenvalue weighted by molar-refractivity contribution is -0.117. The fraction of sp³-hybridized carbons (Fsp3) is 0.686. The fourth-order valence-electron chi connectivity index (χ4n) is 8.93. The standard InChI is InChI=1S/C35H47F2NO2/c1-20(2)38(8)32-29(36)17-23(18-30(32)37)27-19-34(7)28(15-21(3)35(34,40)14-13-33(4,5)6)26-11-9-22-16-24(39)10-12-25(22)31(26)27/h16-18,20-21,25-28,31,40H,9-12,15,19H2,1-8H3/t21?,25-,26-,27+,28-,31+,34-,35-/m0/s1. The summed E-state index contributed by atoms with van der Waals surface area (Å²) in [5, 5.41) is 12.4. The molecule has 8 atom stereocenters. The second kappa shape index (κ2) is 9.97. The topological polar surface area (TPSA) is 40.5 Å². The number of halogens is 2. The molecular formula is C35H47F2NO2. The summed E-state index contributed by atoms with van der Waals surface area (Å²) in [7, 11) is 1.72. The number of allylic oxidation sites excluding steroid dienone is 1. The molecular weight excluding hydrogens is 504 g/mol. The molecule has 1 aromatic carbocycles. The van der Waals surface area contributed by atoms with E-state index in [4.69, 9.17) is 0 Å². The Morgan fingerprint density at radius 3 is 2.35 bits per heavy atom. The molecule has 0 aliphatic heterocycles. The highest BCUT2D eigenvalue weighted by Crippen LogP contribution is 2.69. The first-order chi connectivity index (χ1) is 18.6. The van der Waals surface area contributed by atoms with Crippen LogP contribution in [-0.2, 0) is 4.79 Å². The predicted octanol–water partition coefficient (Wildman–Crippen LogP) is 7.67. The van der Waals surface area contributed by atoms with E-state index in [2.05, 4.69) is 46.5 Å². The van der Waals surface area contributed by atoms with Gasteiger partial charge in [-0.2, -0.15) is 0 Å². The van der Waals surface area contributed by atoms with E-state index < -0.39 is 22.7 Å². The molecule has 1 unspecified atom stereocenters. The fourth-order valence-corrected chi connectivity index (χ4v) is 8.93. The maximum absolute atomic E-state index is 15.7. The molecule has 0 bridgehead atoms. The van der Waals surface area contributed by atoms with E-state index in [9.17, 15) is 9.90 Å². The van der Waals surface area contributed by atoms with Crippen LogP contribution in [0.4, 0.5) is 14.5 Å². The van der Waals surface area contributed by atoms with Crippen LogP contribution < -0.4 is 4.90 Å². The number of fused-ring (bicyclic) bond motifs is 5. The Kier molecular flexibility index (Phi) is 7.30. The molecule has 4 aliphatic carbocycles. The van der Waals surface area contributed by atoms with E-state index in [1.165, 1.54) is 5.57 Å². The number of nitrogens with zero attached hydrogens (tertiary/aromatic N) is 1. The van der Waals surface area contributed by atoms with E-state index in [0.29, 0.717) is 24.3 Å². The van der Waals surface area contributed by atoms with Crippen LogP contribution in [0, 0.1) is 63.9 Å². The number of hydrogen-bond donors (Lipinski definition) is 1. The molecule has 218 valence electrons. The molecule has 40 heavy (non-hydrogen) atoms. The number of carbonyl (C=O) groups is 1. The lowest BCUT2D eigenvalue weighted by Crippen LogP contribution is -2.55. The first kappa shape index (κ1) is 29.3. The summed E-state index contributed by atoms with van der Waals surface area (Å²) in [6.07, 6.45) is 6.53. The molecule has 5 heteroatoms. The van der Waals surface area contributed by atoms with Gasteiger partial charge in [-0.05, 0) is 126 Å². The summed E-state index contributed by atoms with van der Waals surface area (Å²) < 4.78 is 31.4. The molecule has 5 rings (SSSR count). The Hall–Kier alpha value is -2.19. The van der Waals surface area contributed by atoms with Crippen molar-refractivity contribution < 1.29 is 18.7 Å². The average molecular weight is 552 g/mol. The van der Waals surface area contributed by atoms with Crippen molar-refractivity contribution in [1.29, 1.82) is 0 Å². The zero-order valence-electron chi connectivity index (χ0n) is 25.6. The van der Waals surface area contributed by atoms with Crippen molar-refractivity contribution in [3.8, 4) is 11.8 Å². The van der Waals surface area contributed by atoms with Gasteiger partial charge in [-0.25, -0.2) is 8.78 Å². The SMILES string of the molecule is CC(C)N(C)c1c(F)cc([C@H]2C[C@@]3(C)[C@@H](CC(C)[C@@]3(O)C#CC(C)(C)C)[C@@H]3CCC4=CC(=O)CC[C@@H]4[C@H]32)cc1F. The van der Waals surface area contributed by atoms with Gasteiger partial charge >= 0.3 is 0 Å². The molecule has 1 N–H and O–H groups in total. The average Bonchev–Trinajstić information content (AvgIpc) is 3.06. The van der Waals surface area contributed by atoms with Gasteiger partial charge in [0.15, 0.2) is 5.78 Å². The lowest BCUT2D eigenvalue weighted by Gasteiger charge is -2.58. The third-order valence-electron chi connectivity index (χ3n) is 11.1. The van der Waals surface area contributed by atoms with Gasteiger partial charge < -0.3 is 10.0 Å². The second-order valence-electron chi connectivity index (χ2n) is 14.9. The molecule has 3 saturated carbocycles.